The first-order valence-corrected chi connectivity index (χ1v) is 10.4. The number of cyclic esters (lactones) is 1. The van der Waals surface area contributed by atoms with Gasteiger partial charge in [0.15, 0.2) is 17.5 Å². The Bertz CT molecular complexity index is 1210. The maximum atomic E-state index is 12.7. The highest BCUT2D eigenvalue weighted by atomic mass is 16.6. The number of benzene rings is 2. The first kappa shape index (κ1) is 23.2. The van der Waals surface area contributed by atoms with E-state index in [4.69, 9.17) is 9.47 Å². The summed E-state index contributed by atoms with van der Waals surface area (Å²) in [7, 11) is 1.17. The van der Waals surface area contributed by atoms with Crippen LogP contribution < -0.4 is 0 Å². The SMILES string of the molecule is COC(=O)c1nnc2c(c1-c1ccccc1)C(O)C(C(O)C(O)C=Cc1ccccc1)OC2=O. The van der Waals surface area contributed by atoms with Crippen molar-refractivity contribution in [3.05, 3.63) is 89.3 Å². The predicted molar refractivity (Wildman–Crippen MR) is 120 cm³/mol. The van der Waals surface area contributed by atoms with Crippen molar-refractivity contribution in [1.29, 1.82) is 0 Å². The van der Waals surface area contributed by atoms with E-state index in [1.165, 1.54) is 13.2 Å². The third-order valence-corrected chi connectivity index (χ3v) is 5.47. The number of nitrogens with zero attached hydrogens (tertiary/aromatic N) is 2. The van der Waals surface area contributed by atoms with Gasteiger partial charge < -0.3 is 24.8 Å². The highest BCUT2D eigenvalue weighted by molar-refractivity contribution is 6.00. The van der Waals surface area contributed by atoms with Gasteiger partial charge in [-0.3, -0.25) is 0 Å². The lowest BCUT2D eigenvalue weighted by Gasteiger charge is -2.34. The van der Waals surface area contributed by atoms with E-state index < -0.39 is 36.4 Å². The molecule has 1 aliphatic rings. The molecule has 1 aliphatic heterocycles. The largest absolute Gasteiger partial charge is 0.464 e. The summed E-state index contributed by atoms with van der Waals surface area (Å²) < 4.78 is 10.0. The van der Waals surface area contributed by atoms with Crippen molar-refractivity contribution >= 4 is 18.0 Å². The Kier molecular flexibility index (Phi) is 6.78. The number of esters is 2. The quantitative estimate of drug-likeness (QED) is 0.469. The molecule has 3 N–H and O–H groups in total. The number of rotatable bonds is 6. The summed E-state index contributed by atoms with van der Waals surface area (Å²) in [5, 5.41) is 40.0. The van der Waals surface area contributed by atoms with Crippen molar-refractivity contribution in [1.82, 2.24) is 10.2 Å². The van der Waals surface area contributed by atoms with Gasteiger partial charge in [-0.25, -0.2) is 9.59 Å². The van der Waals surface area contributed by atoms with Crippen LogP contribution in [0.5, 0.6) is 0 Å². The molecule has 0 fully saturated rings. The Labute approximate surface area is 194 Å². The van der Waals surface area contributed by atoms with E-state index in [0.717, 1.165) is 5.56 Å². The fraction of sp³-hybridized carbons (Fsp3) is 0.200. The molecule has 4 atom stereocenters. The zero-order valence-corrected chi connectivity index (χ0v) is 18.1. The van der Waals surface area contributed by atoms with Crippen LogP contribution in [-0.4, -0.2) is 62.9 Å². The number of carbonyl (C=O) groups excluding carboxylic acids is 2. The Hall–Kier alpha value is -3.92. The topological polar surface area (TPSA) is 139 Å². The lowest BCUT2D eigenvalue weighted by molar-refractivity contribution is -0.109. The molecular weight excluding hydrogens is 440 g/mol. The van der Waals surface area contributed by atoms with Crippen LogP contribution in [-0.2, 0) is 9.47 Å². The molecule has 0 amide bonds. The van der Waals surface area contributed by atoms with Crippen molar-refractivity contribution in [3.8, 4) is 11.1 Å². The van der Waals surface area contributed by atoms with Gasteiger partial charge in [-0.05, 0) is 11.1 Å². The van der Waals surface area contributed by atoms with E-state index in [-0.39, 0.29) is 22.5 Å². The molecule has 0 radical (unpaired) electrons. The molecule has 174 valence electrons. The van der Waals surface area contributed by atoms with Gasteiger partial charge in [0.1, 0.15) is 18.3 Å². The van der Waals surface area contributed by atoms with Crippen LogP contribution in [0.15, 0.2) is 66.7 Å². The fourth-order valence-corrected chi connectivity index (χ4v) is 3.77. The van der Waals surface area contributed by atoms with Crippen molar-refractivity contribution in [2.45, 2.75) is 24.4 Å². The monoisotopic (exact) mass is 462 g/mol. The highest BCUT2D eigenvalue weighted by Gasteiger charge is 2.44. The van der Waals surface area contributed by atoms with Gasteiger partial charge in [-0.2, -0.15) is 0 Å². The number of aliphatic hydroxyl groups excluding tert-OH is 3. The summed E-state index contributed by atoms with van der Waals surface area (Å²) in [4.78, 5) is 25.1. The average molecular weight is 462 g/mol. The Morgan fingerprint density at radius 1 is 1.06 bits per heavy atom. The van der Waals surface area contributed by atoms with Crippen LogP contribution >= 0.6 is 0 Å². The third-order valence-electron chi connectivity index (χ3n) is 5.47. The zero-order valence-electron chi connectivity index (χ0n) is 18.1. The van der Waals surface area contributed by atoms with Crippen LogP contribution in [0.3, 0.4) is 0 Å². The van der Waals surface area contributed by atoms with Crippen LogP contribution in [0.4, 0.5) is 0 Å². The molecule has 34 heavy (non-hydrogen) atoms. The molecule has 9 heteroatoms. The standard InChI is InChI=1S/C25H22N2O7/c1-33-24(31)19-17(15-10-6-3-7-11-15)18-20(27-26-19)25(32)34-23(22(18)30)21(29)16(28)13-12-14-8-4-2-5-9-14/h2-13,16,21-23,28-30H,1H3. The van der Waals surface area contributed by atoms with E-state index in [1.807, 2.05) is 18.2 Å². The van der Waals surface area contributed by atoms with E-state index in [2.05, 4.69) is 10.2 Å². The van der Waals surface area contributed by atoms with Gasteiger partial charge in [0.25, 0.3) is 0 Å². The molecule has 4 unspecified atom stereocenters. The van der Waals surface area contributed by atoms with Crippen LogP contribution in [0, 0.1) is 0 Å². The molecule has 0 bridgehead atoms. The van der Waals surface area contributed by atoms with Gasteiger partial charge in [0.2, 0.25) is 0 Å². The summed E-state index contributed by atoms with van der Waals surface area (Å²) in [5.74, 6) is -1.77. The maximum absolute atomic E-state index is 12.7. The van der Waals surface area contributed by atoms with Crippen LogP contribution in [0.1, 0.15) is 38.2 Å². The number of hydrogen-bond acceptors (Lipinski definition) is 9. The Morgan fingerprint density at radius 3 is 2.35 bits per heavy atom. The molecule has 0 saturated heterocycles. The van der Waals surface area contributed by atoms with Crippen molar-refractivity contribution in [2.24, 2.45) is 0 Å². The number of ether oxygens (including phenoxy) is 2. The van der Waals surface area contributed by atoms with Gasteiger partial charge in [0, 0.05) is 11.1 Å². The summed E-state index contributed by atoms with van der Waals surface area (Å²) >= 11 is 0. The van der Waals surface area contributed by atoms with E-state index in [9.17, 15) is 24.9 Å². The number of hydrogen-bond donors (Lipinski definition) is 3. The molecular formula is C25H22N2O7. The summed E-state index contributed by atoms with van der Waals surface area (Å²) in [6.07, 6.45) is -3.37. The summed E-state index contributed by atoms with van der Waals surface area (Å²) in [6.45, 7) is 0. The van der Waals surface area contributed by atoms with E-state index >= 15 is 0 Å². The van der Waals surface area contributed by atoms with E-state index in [1.54, 1.807) is 48.5 Å². The van der Waals surface area contributed by atoms with E-state index in [0.29, 0.717) is 5.56 Å². The van der Waals surface area contributed by atoms with Gasteiger partial charge >= 0.3 is 11.9 Å². The van der Waals surface area contributed by atoms with Crippen molar-refractivity contribution in [2.75, 3.05) is 7.11 Å². The Morgan fingerprint density at radius 2 is 1.71 bits per heavy atom. The fourth-order valence-electron chi connectivity index (χ4n) is 3.77. The number of carbonyl (C=O) groups is 2. The first-order valence-electron chi connectivity index (χ1n) is 10.4. The van der Waals surface area contributed by atoms with Gasteiger partial charge in [0.05, 0.1) is 7.11 Å². The number of aromatic nitrogens is 2. The van der Waals surface area contributed by atoms with Crippen LogP contribution in [0.2, 0.25) is 0 Å². The lowest BCUT2D eigenvalue weighted by atomic mass is 9.87. The molecule has 2 aromatic carbocycles. The van der Waals surface area contributed by atoms with Crippen molar-refractivity contribution < 1.29 is 34.4 Å². The second kappa shape index (κ2) is 9.92. The third kappa shape index (κ3) is 4.44. The molecule has 0 saturated carbocycles. The minimum Gasteiger partial charge on any atom is -0.464 e. The first-order chi connectivity index (χ1) is 16.4. The van der Waals surface area contributed by atoms with Crippen LogP contribution in [0.25, 0.3) is 17.2 Å². The molecule has 9 nitrogen and oxygen atoms in total. The maximum Gasteiger partial charge on any atom is 0.359 e. The molecule has 4 rings (SSSR count). The highest BCUT2D eigenvalue weighted by Crippen LogP contribution is 2.39. The number of fused-ring (bicyclic) bond motifs is 1. The predicted octanol–water partition coefficient (Wildman–Crippen LogP) is 1.94. The van der Waals surface area contributed by atoms with Crippen molar-refractivity contribution in [3.63, 3.8) is 0 Å². The zero-order chi connectivity index (χ0) is 24.2. The smallest absolute Gasteiger partial charge is 0.359 e. The average Bonchev–Trinajstić information content (AvgIpc) is 2.88. The second-order valence-corrected chi connectivity index (χ2v) is 7.61. The summed E-state index contributed by atoms with van der Waals surface area (Å²) in [6, 6.07) is 17.6. The summed E-state index contributed by atoms with van der Waals surface area (Å²) in [5.41, 5.74) is 0.843. The Balaban J connectivity index is 1.75. The molecule has 3 aromatic rings. The van der Waals surface area contributed by atoms with Gasteiger partial charge in [-0.1, -0.05) is 72.8 Å². The normalized spacial score (nSPS) is 19.2. The number of methoxy groups -OCH3 is 1. The van der Waals surface area contributed by atoms with Gasteiger partial charge in [-0.15, -0.1) is 10.2 Å². The lowest BCUT2D eigenvalue weighted by Crippen LogP contribution is -2.46. The molecule has 0 aliphatic carbocycles. The molecule has 2 heterocycles. The molecule has 1 aromatic heterocycles. The second-order valence-electron chi connectivity index (χ2n) is 7.61. The minimum atomic E-state index is -1.68. The molecule has 0 spiro atoms. The number of aliphatic hydroxyl groups is 3. The minimum absolute atomic E-state index is 0.0406.